The highest BCUT2D eigenvalue weighted by Crippen LogP contribution is 2.17. The van der Waals surface area contributed by atoms with Crippen LogP contribution >= 0.6 is 0 Å². The highest BCUT2D eigenvalue weighted by atomic mass is 16.6. The quantitative estimate of drug-likeness (QED) is 0.475. The molecule has 0 spiro atoms. The van der Waals surface area contributed by atoms with Gasteiger partial charge in [0.15, 0.2) is 0 Å². The average Bonchev–Trinajstić information content (AvgIpc) is 2.62. The topological polar surface area (TPSA) is 135 Å². The van der Waals surface area contributed by atoms with Crippen molar-refractivity contribution in [1.82, 2.24) is 10.5 Å². The standard InChI is InChI=1S/C18H21N3O5/c19-17(24)9-15(22)16(23)10-18(25)21-26-11-12-4-6-13(7-5-12)14-3-1-2-8-20-14/h1-8,15-16,22-23H,9-11H2,(H2,19,24)(H,21,25). The highest BCUT2D eigenvalue weighted by Gasteiger charge is 2.21. The number of primary amides is 1. The van der Waals surface area contributed by atoms with Crippen LogP contribution in [0, 0.1) is 0 Å². The zero-order chi connectivity index (χ0) is 18.9. The Morgan fingerprint density at radius 3 is 2.38 bits per heavy atom. The van der Waals surface area contributed by atoms with Crippen LogP contribution in [0.2, 0.25) is 0 Å². The van der Waals surface area contributed by atoms with Crippen molar-refractivity contribution in [1.29, 1.82) is 0 Å². The van der Waals surface area contributed by atoms with Gasteiger partial charge in [0.1, 0.15) is 0 Å². The van der Waals surface area contributed by atoms with Crippen LogP contribution in [0.15, 0.2) is 48.7 Å². The maximum absolute atomic E-state index is 11.6. The number of benzene rings is 1. The summed E-state index contributed by atoms with van der Waals surface area (Å²) in [5, 5.41) is 19.1. The van der Waals surface area contributed by atoms with Gasteiger partial charge in [0.25, 0.3) is 0 Å². The molecule has 0 aliphatic heterocycles. The molecule has 26 heavy (non-hydrogen) atoms. The summed E-state index contributed by atoms with van der Waals surface area (Å²) >= 11 is 0. The van der Waals surface area contributed by atoms with Crippen molar-refractivity contribution >= 4 is 11.8 Å². The second kappa shape index (κ2) is 9.62. The van der Waals surface area contributed by atoms with Gasteiger partial charge < -0.3 is 15.9 Å². The fourth-order valence-electron chi connectivity index (χ4n) is 2.21. The van der Waals surface area contributed by atoms with Crippen molar-refractivity contribution in [2.75, 3.05) is 0 Å². The second-order valence-corrected chi connectivity index (χ2v) is 5.74. The monoisotopic (exact) mass is 359 g/mol. The van der Waals surface area contributed by atoms with E-state index in [1.54, 1.807) is 6.20 Å². The summed E-state index contributed by atoms with van der Waals surface area (Å²) in [5.41, 5.74) is 9.75. The molecule has 1 heterocycles. The Morgan fingerprint density at radius 1 is 1.08 bits per heavy atom. The van der Waals surface area contributed by atoms with E-state index in [1.165, 1.54) is 0 Å². The van der Waals surface area contributed by atoms with Crippen LogP contribution in [0.4, 0.5) is 0 Å². The van der Waals surface area contributed by atoms with Crippen molar-refractivity contribution in [3.63, 3.8) is 0 Å². The van der Waals surface area contributed by atoms with Crippen LogP contribution in [0.3, 0.4) is 0 Å². The number of nitrogens with two attached hydrogens (primary N) is 1. The highest BCUT2D eigenvalue weighted by molar-refractivity contribution is 5.76. The number of carbonyl (C=O) groups excluding carboxylic acids is 2. The molecule has 0 aliphatic carbocycles. The summed E-state index contributed by atoms with van der Waals surface area (Å²) in [7, 11) is 0. The van der Waals surface area contributed by atoms with E-state index >= 15 is 0 Å². The third-order valence-electron chi connectivity index (χ3n) is 3.59. The molecule has 5 N–H and O–H groups in total. The maximum Gasteiger partial charge on any atom is 0.246 e. The van der Waals surface area contributed by atoms with Crippen molar-refractivity contribution in [2.45, 2.75) is 31.7 Å². The number of nitrogens with zero attached hydrogens (tertiary/aromatic N) is 1. The average molecular weight is 359 g/mol. The number of hydrogen-bond acceptors (Lipinski definition) is 6. The second-order valence-electron chi connectivity index (χ2n) is 5.74. The number of pyridine rings is 1. The molecule has 0 fully saturated rings. The Morgan fingerprint density at radius 2 is 1.77 bits per heavy atom. The first-order valence-corrected chi connectivity index (χ1v) is 8.01. The van der Waals surface area contributed by atoms with E-state index in [-0.39, 0.29) is 6.61 Å². The van der Waals surface area contributed by atoms with Crippen LogP contribution in [-0.2, 0) is 21.0 Å². The summed E-state index contributed by atoms with van der Waals surface area (Å²) in [4.78, 5) is 31.7. The van der Waals surface area contributed by atoms with Gasteiger partial charge in [0.2, 0.25) is 11.8 Å². The lowest BCUT2D eigenvalue weighted by Crippen LogP contribution is -2.36. The molecule has 1 aromatic heterocycles. The van der Waals surface area contributed by atoms with Crippen LogP contribution in [0.5, 0.6) is 0 Å². The summed E-state index contributed by atoms with van der Waals surface area (Å²) in [6.45, 7) is 0.133. The SMILES string of the molecule is NC(=O)CC(O)C(O)CC(=O)NOCc1ccc(-c2ccccn2)cc1. The van der Waals surface area contributed by atoms with Gasteiger partial charge in [0, 0.05) is 11.8 Å². The number of aliphatic hydroxyl groups excluding tert-OH is 2. The molecule has 0 saturated heterocycles. The number of aromatic nitrogens is 1. The molecule has 1 aromatic carbocycles. The minimum atomic E-state index is -1.40. The van der Waals surface area contributed by atoms with E-state index < -0.39 is 36.9 Å². The lowest BCUT2D eigenvalue weighted by atomic mass is 10.1. The third kappa shape index (κ3) is 6.25. The largest absolute Gasteiger partial charge is 0.390 e. The molecule has 2 unspecified atom stereocenters. The molecule has 0 saturated carbocycles. The van der Waals surface area contributed by atoms with Crippen molar-refractivity contribution in [2.24, 2.45) is 5.73 Å². The lowest BCUT2D eigenvalue weighted by Gasteiger charge is -2.15. The predicted octanol–water partition coefficient (Wildman–Crippen LogP) is 0.284. The fraction of sp³-hybridized carbons (Fsp3) is 0.278. The van der Waals surface area contributed by atoms with Gasteiger partial charge in [-0.25, -0.2) is 5.48 Å². The molecular weight excluding hydrogens is 338 g/mol. The van der Waals surface area contributed by atoms with Gasteiger partial charge in [-0.15, -0.1) is 0 Å². The van der Waals surface area contributed by atoms with Crippen molar-refractivity contribution in [3.05, 3.63) is 54.2 Å². The summed E-state index contributed by atoms with van der Waals surface area (Å²) in [5.74, 6) is -1.38. The molecule has 138 valence electrons. The number of amides is 2. The van der Waals surface area contributed by atoms with E-state index in [2.05, 4.69) is 10.5 Å². The number of hydroxylamine groups is 1. The zero-order valence-electron chi connectivity index (χ0n) is 14.0. The van der Waals surface area contributed by atoms with Crippen LogP contribution < -0.4 is 11.2 Å². The molecule has 0 bridgehead atoms. The minimum Gasteiger partial charge on any atom is -0.390 e. The lowest BCUT2D eigenvalue weighted by molar-refractivity contribution is -0.139. The van der Waals surface area contributed by atoms with Gasteiger partial charge in [0.05, 0.1) is 37.4 Å². The first-order valence-electron chi connectivity index (χ1n) is 8.01. The molecule has 0 radical (unpaired) electrons. The smallest absolute Gasteiger partial charge is 0.246 e. The van der Waals surface area contributed by atoms with Gasteiger partial charge in [-0.1, -0.05) is 30.3 Å². The molecule has 0 aliphatic rings. The number of hydrogen-bond donors (Lipinski definition) is 4. The van der Waals surface area contributed by atoms with Gasteiger partial charge in [-0.05, 0) is 17.7 Å². The first kappa shape index (κ1) is 19.5. The summed E-state index contributed by atoms with van der Waals surface area (Å²) in [6.07, 6.45) is -1.90. The summed E-state index contributed by atoms with van der Waals surface area (Å²) in [6, 6.07) is 13.1. The normalized spacial score (nSPS) is 13.0. The molecule has 8 nitrogen and oxygen atoms in total. The third-order valence-corrected chi connectivity index (χ3v) is 3.59. The molecule has 2 rings (SSSR count). The van der Waals surface area contributed by atoms with Gasteiger partial charge in [-0.3, -0.25) is 19.4 Å². The van der Waals surface area contributed by atoms with E-state index in [4.69, 9.17) is 10.6 Å². The fourth-order valence-corrected chi connectivity index (χ4v) is 2.21. The maximum atomic E-state index is 11.6. The van der Waals surface area contributed by atoms with Crippen LogP contribution in [0.25, 0.3) is 11.3 Å². The molecule has 2 atom stereocenters. The van der Waals surface area contributed by atoms with E-state index in [0.717, 1.165) is 16.8 Å². The molecule has 2 aromatic rings. The van der Waals surface area contributed by atoms with Crippen LogP contribution in [-0.4, -0.2) is 39.2 Å². The molecule has 2 amide bonds. The number of carbonyl (C=O) groups is 2. The van der Waals surface area contributed by atoms with Crippen molar-refractivity contribution < 1.29 is 24.6 Å². The Bertz CT molecular complexity index is 721. The van der Waals surface area contributed by atoms with E-state index in [1.807, 2.05) is 42.5 Å². The zero-order valence-corrected chi connectivity index (χ0v) is 14.0. The Hall–Kier alpha value is -2.81. The minimum absolute atomic E-state index is 0.133. The van der Waals surface area contributed by atoms with Crippen LogP contribution in [0.1, 0.15) is 18.4 Å². The molecule has 8 heteroatoms. The Balaban J connectivity index is 1.75. The number of rotatable bonds is 9. The Labute approximate surface area is 150 Å². The van der Waals surface area contributed by atoms with E-state index in [0.29, 0.717) is 0 Å². The van der Waals surface area contributed by atoms with Gasteiger partial charge >= 0.3 is 0 Å². The molecular formula is C18H21N3O5. The first-order chi connectivity index (χ1) is 12.5. The number of aliphatic hydroxyl groups is 2. The van der Waals surface area contributed by atoms with Crippen molar-refractivity contribution in [3.8, 4) is 11.3 Å². The number of nitrogens with one attached hydrogen (secondary N) is 1. The predicted molar refractivity (Wildman–Crippen MR) is 93.0 cm³/mol. The van der Waals surface area contributed by atoms with Gasteiger partial charge in [-0.2, -0.15) is 0 Å². The Kier molecular flexibility index (Phi) is 7.22. The van der Waals surface area contributed by atoms with E-state index in [9.17, 15) is 19.8 Å². The summed E-state index contributed by atoms with van der Waals surface area (Å²) < 4.78 is 0.